The van der Waals surface area contributed by atoms with Crippen molar-refractivity contribution in [2.24, 2.45) is 5.92 Å². The van der Waals surface area contributed by atoms with E-state index in [0.29, 0.717) is 16.9 Å². The maximum atomic E-state index is 13.0. The Bertz CT molecular complexity index is 1330. The SMILES string of the molecule is Cc1ccc(NC(=O)C2CC2)cc1NC(=O)c1ccc(C)c(S(=O)(=O)NCc2ccccc2)c1. The minimum absolute atomic E-state index is 0.0162. The fourth-order valence-corrected chi connectivity index (χ4v) is 4.79. The zero-order chi connectivity index (χ0) is 24.3. The summed E-state index contributed by atoms with van der Waals surface area (Å²) in [6.07, 6.45) is 1.81. The quantitative estimate of drug-likeness (QED) is 0.448. The second kappa shape index (κ2) is 9.79. The van der Waals surface area contributed by atoms with Gasteiger partial charge in [0, 0.05) is 29.4 Å². The molecule has 1 aliphatic carbocycles. The first-order chi connectivity index (χ1) is 16.2. The number of hydrogen-bond acceptors (Lipinski definition) is 4. The number of sulfonamides is 1. The molecule has 3 aromatic rings. The van der Waals surface area contributed by atoms with Crippen LogP contribution in [0.5, 0.6) is 0 Å². The van der Waals surface area contributed by atoms with Gasteiger partial charge in [-0.15, -0.1) is 0 Å². The van der Waals surface area contributed by atoms with Crippen LogP contribution in [0, 0.1) is 19.8 Å². The number of nitrogens with one attached hydrogen (secondary N) is 3. The molecule has 176 valence electrons. The fraction of sp³-hybridized carbons (Fsp3) is 0.231. The standard InChI is InChI=1S/C26H27N3O4S/c1-17-9-13-22(28-25(30)20-11-12-20)15-23(17)29-26(31)21-10-8-18(2)24(14-21)34(32,33)27-16-19-6-4-3-5-7-19/h3-10,13-15,20,27H,11-12,16H2,1-2H3,(H,28,30)(H,29,31). The summed E-state index contributed by atoms with van der Waals surface area (Å²) in [6, 6.07) is 19.1. The van der Waals surface area contributed by atoms with Crippen molar-refractivity contribution in [3.8, 4) is 0 Å². The van der Waals surface area contributed by atoms with E-state index in [0.717, 1.165) is 24.0 Å². The molecule has 0 atom stereocenters. The van der Waals surface area contributed by atoms with Crippen LogP contribution in [0.2, 0.25) is 0 Å². The normalized spacial score (nSPS) is 13.4. The number of aryl methyl sites for hydroxylation is 2. The topological polar surface area (TPSA) is 104 Å². The maximum absolute atomic E-state index is 13.0. The van der Waals surface area contributed by atoms with E-state index in [1.165, 1.54) is 6.07 Å². The summed E-state index contributed by atoms with van der Waals surface area (Å²) in [6.45, 7) is 3.69. The minimum Gasteiger partial charge on any atom is -0.326 e. The predicted octanol–water partition coefficient (Wildman–Crippen LogP) is 4.38. The highest BCUT2D eigenvalue weighted by atomic mass is 32.2. The summed E-state index contributed by atoms with van der Waals surface area (Å²) in [4.78, 5) is 25.1. The van der Waals surface area contributed by atoms with Crippen molar-refractivity contribution in [1.82, 2.24) is 4.72 Å². The van der Waals surface area contributed by atoms with E-state index < -0.39 is 15.9 Å². The highest BCUT2D eigenvalue weighted by molar-refractivity contribution is 7.89. The maximum Gasteiger partial charge on any atom is 0.255 e. The van der Waals surface area contributed by atoms with E-state index in [1.807, 2.05) is 43.3 Å². The van der Waals surface area contributed by atoms with Crippen molar-refractivity contribution in [2.45, 2.75) is 38.1 Å². The molecule has 3 aromatic carbocycles. The lowest BCUT2D eigenvalue weighted by Crippen LogP contribution is -2.24. The van der Waals surface area contributed by atoms with Crippen LogP contribution in [0.15, 0.2) is 71.6 Å². The van der Waals surface area contributed by atoms with Crippen LogP contribution in [0.4, 0.5) is 11.4 Å². The molecule has 2 amide bonds. The number of rotatable bonds is 8. The Balaban J connectivity index is 1.51. The van der Waals surface area contributed by atoms with Crippen LogP contribution in [0.25, 0.3) is 0 Å². The van der Waals surface area contributed by atoms with Crippen LogP contribution in [0.1, 0.15) is 39.9 Å². The van der Waals surface area contributed by atoms with Gasteiger partial charge in [-0.1, -0.05) is 42.5 Å². The second-order valence-electron chi connectivity index (χ2n) is 8.54. The molecule has 3 N–H and O–H groups in total. The lowest BCUT2D eigenvalue weighted by molar-refractivity contribution is -0.117. The van der Waals surface area contributed by atoms with Crippen LogP contribution in [-0.2, 0) is 21.4 Å². The van der Waals surface area contributed by atoms with E-state index in [9.17, 15) is 18.0 Å². The summed E-state index contributed by atoms with van der Waals surface area (Å²) in [5.74, 6) is -0.381. The zero-order valence-corrected chi connectivity index (χ0v) is 19.9. The smallest absolute Gasteiger partial charge is 0.255 e. The average molecular weight is 478 g/mol. The number of benzene rings is 3. The van der Waals surface area contributed by atoms with Gasteiger partial charge in [0.1, 0.15) is 0 Å². The number of anilines is 2. The van der Waals surface area contributed by atoms with E-state index >= 15 is 0 Å². The van der Waals surface area contributed by atoms with Crippen molar-refractivity contribution in [1.29, 1.82) is 0 Å². The monoisotopic (exact) mass is 477 g/mol. The van der Waals surface area contributed by atoms with Crippen molar-refractivity contribution >= 4 is 33.2 Å². The van der Waals surface area contributed by atoms with E-state index in [1.54, 1.807) is 31.2 Å². The van der Waals surface area contributed by atoms with E-state index in [-0.39, 0.29) is 28.8 Å². The zero-order valence-electron chi connectivity index (χ0n) is 19.1. The molecule has 0 unspecified atom stereocenters. The van der Waals surface area contributed by atoms with Gasteiger partial charge in [0.2, 0.25) is 15.9 Å². The van der Waals surface area contributed by atoms with Crippen LogP contribution in [0.3, 0.4) is 0 Å². The van der Waals surface area contributed by atoms with E-state index in [4.69, 9.17) is 0 Å². The third-order valence-electron chi connectivity index (χ3n) is 5.75. The molecule has 34 heavy (non-hydrogen) atoms. The largest absolute Gasteiger partial charge is 0.326 e. The molecular weight excluding hydrogens is 450 g/mol. The van der Waals surface area contributed by atoms with Crippen LogP contribution >= 0.6 is 0 Å². The Kier molecular flexibility index (Phi) is 6.81. The number of carbonyl (C=O) groups excluding carboxylic acids is 2. The fourth-order valence-electron chi connectivity index (χ4n) is 3.50. The number of carbonyl (C=O) groups is 2. The van der Waals surface area contributed by atoms with Gasteiger partial charge >= 0.3 is 0 Å². The summed E-state index contributed by atoms with van der Waals surface area (Å²) >= 11 is 0. The molecule has 0 heterocycles. The van der Waals surface area contributed by atoms with Gasteiger partial charge in [-0.05, 0) is 67.6 Å². The van der Waals surface area contributed by atoms with Gasteiger partial charge in [-0.25, -0.2) is 13.1 Å². The first-order valence-corrected chi connectivity index (χ1v) is 12.6. The van der Waals surface area contributed by atoms with Gasteiger partial charge in [0.05, 0.1) is 4.90 Å². The lowest BCUT2D eigenvalue weighted by Gasteiger charge is -2.13. The molecule has 0 aromatic heterocycles. The van der Waals surface area contributed by atoms with Gasteiger partial charge in [-0.3, -0.25) is 9.59 Å². The van der Waals surface area contributed by atoms with Gasteiger partial charge in [0.25, 0.3) is 5.91 Å². The average Bonchev–Trinajstić information content (AvgIpc) is 3.66. The predicted molar refractivity (Wildman–Crippen MR) is 132 cm³/mol. The Hall–Kier alpha value is -3.49. The summed E-state index contributed by atoms with van der Waals surface area (Å²) in [7, 11) is -3.83. The molecule has 8 heteroatoms. The molecule has 1 fully saturated rings. The Morgan fingerprint density at radius 1 is 0.882 bits per heavy atom. The second-order valence-corrected chi connectivity index (χ2v) is 10.3. The molecule has 0 aliphatic heterocycles. The van der Waals surface area contributed by atoms with Gasteiger partial charge in [-0.2, -0.15) is 0 Å². The minimum atomic E-state index is -3.83. The Morgan fingerprint density at radius 2 is 1.59 bits per heavy atom. The Labute approximate surface area is 199 Å². The molecule has 4 rings (SSSR count). The number of hydrogen-bond donors (Lipinski definition) is 3. The van der Waals surface area contributed by atoms with Crippen molar-refractivity contribution < 1.29 is 18.0 Å². The lowest BCUT2D eigenvalue weighted by atomic mass is 10.1. The molecule has 0 saturated heterocycles. The first kappa shape index (κ1) is 23.7. The molecule has 0 radical (unpaired) electrons. The summed E-state index contributed by atoms with van der Waals surface area (Å²) < 4.78 is 28.5. The van der Waals surface area contributed by atoms with Crippen LogP contribution in [-0.4, -0.2) is 20.2 Å². The highest BCUT2D eigenvalue weighted by Crippen LogP contribution is 2.31. The highest BCUT2D eigenvalue weighted by Gasteiger charge is 2.29. The van der Waals surface area contributed by atoms with Gasteiger partial charge < -0.3 is 10.6 Å². The molecule has 1 saturated carbocycles. The summed E-state index contributed by atoms with van der Waals surface area (Å²) in [5, 5.41) is 5.71. The molecule has 7 nitrogen and oxygen atoms in total. The van der Waals surface area contributed by atoms with Crippen molar-refractivity contribution in [2.75, 3.05) is 10.6 Å². The summed E-state index contributed by atoms with van der Waals surface area (Å²) in [5.41, 5.74) is 3.57. The molecule has 0 bridgehead atoms. The third-order valence-corrected chi connectivity index (χ3v) is 7.29. The van der Waals surface area contributed by atoms with Crippen molar-refractivity contribution in [3.63, 3.8) is 0 Å². The number of amides is 2. The molecule has 1 aliphatic rings. The first-order valence-electron chi connectivity index (χ1n) is 11.1. The third kappa shape index (κ3) is 5.70. The molecular formula is C26H27N3O4S. The van der Waals surface area contributed by atoms with Gasteiger partial charge in [0.15, 0.2) is 0 Å². The van der Waals surface area contributed by atoms with Crippen LogP contribution < -0.4 is 15.4 Å². The van der Waals surface area contributed by atoms with E-state index in [2.05, 4.69) is 15.4 Å². The molecule has 0 spiro atoms. The Morgan fingerprint density at radius 3 is 2.29 bits per heavy atom. The van der Waals surface area contributed by atoms with Crippen molar-refractivity contribution in [3.05, 3.63) is 89.0 Å².